The van der Waals surface area contributed by atoms with Gasteiger partial charge >= 0.3 is 12.1 Å². The summed E-state index contributed by atoms with van der Waals surface area (Å²) < 4.78 is 10.2. The quantitative estimate of drug-likeness (QED) is 0.0959. The zero-order valence-corrected chi connectivity index (χ0v) is 29.8. The van der Waals surface area contributed by atoms with Gasteiger partial charge in [-0.2, -0.15) is 0 Å². The van der Waals surface area contributed by atoms with Crippen LogP contribution >= 0.6 is 11.8 Å². The molecule has 0 aromatic heterocycles. The Morgan fingerprint density at radius 1 is 0.667 bits per heavy atom. The van der Waals surface area contributed by atoms with Crippen LogP contribution in [0.25, 0.3) is 11.1 Å². The first-order valence-corrected chi connectivity index (χ1v) is 18.1. The fraction of sp³-hybridized carbons (Fsp3) is 0.233. The molecular formula is C43H42N2O5S. The Bertz CT molecular complexity index is 1810. The van der Waals surface area contributed by atoms with Crippen molar-refractivity contribution < 1.29 is 23.9 Å². The van der Waals surface area contributed by atoms with Crippen LogP contribution in [0, 0.1) is 5.92 Å². The maximum Gasteiger partial charge on any atom is 0.407 e. The molecule has 2 N–H and O–H groups in total. The largest absolute Gasteiger partial charge is 0.467 e. The van der Waals surface area contributed by atoms with E-state index in [1.807, 2.05) is 92.7 Å². The Balaban J connectivity index is 1.31. The van der Waals surface area contributed by atoms with Crippen molar-refractivity contribution in [2.24, 2.45) is 5.92 Å². The second-order valence-electron chi connectivity index (χ2n) is 12.9. The third-order valence-electron chi connectivity index (χ3n) is 9.38. The summed E-state index contributed by atoms with van der Waals surface area (Å²) in [6, 6.07) is 44.7. The molecule has 0 aliphatic heterocycles. The number of amides is 2. The molecule has 5 aromatic rings. The molecule has 2 amide bonds. The zero-order valence-electron chi connectivity index (χ0n) is 29.0. The second kappa shape index (κ2) is 16.1. The summed E-state index contributed by atoms with van der Waals surface area (Å²) in [6.07, 6.45) is -0.721. The number of ether oxygens (including phenoxy) is 2. The van der Waals surface area contributed by atoms with Crippen LogP contribution in [-0.4, -0.2) is 49.5 Å². The number of esters is 1. The lowest BCUT2D eigenvalue weighted by Crippen LogP contribution is -2.54. The highest BCUT2D eigenvalue weighted by molar-refractivity contribution is 8.00. The van der Waals surface area contributed by atoms with Crippen LogP contribution in [-0.2, 0) is 23.8 Å². The minimum atomic E-state index is -1.06. The molecule has 2 atom stereocenters. The molecule has 260 valence electrons. The first-order chi connectivity index (χ1) is 24.8. The van der Waals surface area contributed by atoms with Crippen molar-refractivity contribution in [2.75, 3.05) is 19.5 Å². The molecule has 6 rings (SSSR count). The number of alkyl carbamates (subject to hydrolysis) is 1. The first-order valence-electron chi connectivity index (χ1n) is 17.1. The van der Waals surface area contributed by atoms with Gasteiger partial charge in [-0.15, -0.1) is 11.8 Å². The van der Waals surface area contributed by atoms with Gasteiger partial charge in [0.05, 0.1) is 11.9 Å². The summed E-state index contributed by atoms with van der Waals surface area (Å²) in [6.45, 7) is 3.76. The summed E-state index contributed by atoms with van der Waals surface area (Å²) in [7, 11) is 1.29. The van der Waals surface area contributed by atoms with Crippen LogP contribution in [0.5, 0.6) is 0 Å². The number of nitrogens with one attached hydrogen (secondary N) is 2. The van der Waals surface area contributed by atoms with Crippen LogP contribution in [0.15, 0.2) is 140 Å². The van der Waals surface area contributed by atoms with Crippen LogP contribution in [0.1, 0.15) is 47.6 Å². The van der Waals surface area contributed by atoms with Crippen LogP contribution in [0.3, 0.4) is 0 Å². The SMILES string of the molecule is COC(=O)[C@@H](NC(=O)[C@H](CSC(c1ccccc1)(c1ccccc1)c1ccccc1)NC(=O)OCC1c2ccccc2-c2ccccc21)C(C)C. The molecule has 0 saturated carbocycles. The van der Waals surface area contributed by atoms with E-state index in [0.717, 1.165) is 38.9 Å². The summed E-state index contributed by atoms with van der Waals surface area (Å²) in [5.41, 5.74) is 7.47. The maximum absolute atomic E-state index is 14.1. The Morgan fingerprint density at radius 2 is 1.12 bits per heavy atom. The van der Waals surface area contributed by atoms with E-state index in [4.69, 9.17) is 9.47 Å². The number of hydrogen-bond donors (Lipinski definition) is 2. The molecule has 0 saturated heterocycles. The number of fused-ring (bicyclic) bond motifs is 3. The average Bonchev–Trinajstić information content (AvgIpc) is 3.50. The maximum atomic E-state index is 14.1. The van der Waals surface area contributed by atoms with Gasteiger partial charge in [-0.25, -0.2) is 9.59 Å². The number of benzene rings is 5. The van der Waals surface area contributed by atoms with Crippen molar-refractivity contribution in [1.82, 2.24) is 10.6 Å². The van der Waals surface area contributed by atoms with E-state index in [9.17, 15) is 14.4 Å². The minimum Gasteiger partial charge on any atom is -0.467 e. The van der Waals surface area contributed by atoms with Crippen LogP contribution in [0.4, 0.5) is 4.79 Å². The van der Waals surface area contributed by atoms with E-state index in [1.54, 1.807) is 0 Å². The highest BCUT2D eigenvalue weighted by Crippen LogP contribution is 2.49. The summed E-state index contributed by atoms with van der Waals surface area (Å²) >= 11 is 1.53. The Kier molecular flexibility index (Phi) is 11.2. The highest BCUT2D eigenvalue weighted by Gasteiger charge is 2.39. The van der Waals surface area contributed by atoms with E-state index in [2.05, 4.69) is 71.3 Å². The lowest BCUT2D eigenvalue weighted by molar-refractivity contribution is -0.146. The fourth-order valence-corrected chi connectivity index (χ4v) is 8.38. The normalized spacial score (nSPS) is 13.4. The lowest BCUT2D eigenvalue weighted by Gasteiger charge is -2.36. The number of rotatable bonds is 13. The molecule has 0 fully saturated rings. The fourth-order valence-electron chi connectivity index (χ4n) is 6.82. The zero-order chi connectivity index (χ0) is 35.8. The molecule has 0 radical (unpaired) electrons. The topological polar surface area (TPSA) is 93.7 Å². The summed E-state index contributed by atoms with van der Waals surface area (Å²) in [5.74, 6) is -1.31. The molecule has 0 bridgehead atoms. The molecular weight excluding hydrogens is 657 g/mol. The Labute approximate surface area is 303 Å². The average molecular weight is 699 g/mol. The van der Waals surface area contributed by atoms with Crippen LogP contribution < -0.4 is 10.6 Å². The molecule has 8 heteroatoms. The highest BCUT2D eigenvalue weighted by atomic mass is 32.2. The van der Waals surface area contributed by atoms with Crippen molar-refractivity contribution in [3.8, 4) is 11.1 Å². The number of methoxy groups -OCH3 is 1. The number of carbonyl (C=O) groups is 3. The lowest BCUT2D eigenvalue weighted by atomic mass is 9.84. The van der Waals surface area contributed by atoms with Gasteiger partial charge in [0.1, 0.15) is 18.7 Å². The molecule has 1 aliphatic rings. The molecule has 0 unspecified atom stereocenters. The molecule has 0 spiro atoms. The van der Waals surface area contributed by atoms with Gasteiger partial charge in [-0.05, 0) is 44.9 Å². The predicted octanol–water partition coefficient (Wildman–Crippen LogP) is 7.93. The standard InChI is InChI=1S/C43H42N2O5S/c1-29(2)39(41(47)49-3)45-40(46)38(44-42(48)50-27-37-35-25-15-13-23-33(35)34-24-14-16-26-36(34)37)28-51-43(30-17-7-4-8-18-30,31-19-9-5-10-20-31)32-21-11-6-12-22-32/h4-26,29,37-39H,27-28H2,1-3H3,(H,44,48)(H,45,46)/t38-,39-/m0/s1. The smallest absolute Gasteiger partial charge is 0.407 e. The number of hydrogen-bond acceptors (Lipinski definition) is 6. The number of carbonyl (C=O) groups excluding carboxylic acids is 3. The van der Waals surface area contributed by atoms with Crippen molar-refractivity contribution in [3.63, 3.8) is 0 Å². The van der Waals surface area contributed by atoms with Gasteiger partial charge in [0.2, 0.25) is 5.91 Å². The van der Waals surface area contributed by atoms with Gasteiger partial charge in [-0.3, -0.25) is 4.79 Å². The molecule has 7 nitrogen and oxygen atoms in total. The molecule has 1 aliphatic carbocycles. The van der Waals surface area contributed by atoms with Gasteiger partial charge < -0.3 is 20.1 Å². The van der Waals surface area contributed by atoms with E-state index < -0.39 is 34.8 Å². The summed E-state index contributed by atoms with van der Waals surface area (Å²) in [5, 5.41) is 5.73. The van der Waals surface area contributed by atoms with Gasteiger partial charge in [0.15, 0.2) is 0 Å². The van der Waals surface area contributed by atoms with Gasteiger partial charge in [0.25, 0.3) is 0 Å². The third-order valence-corrected chi connectivity index (χ3v) is 11.0. The molecule has 0 heterocycles. The van der Waals surface area contributed by atoms with E-state index in [-0.39, 0.29) is 24.2 Å². The minimum absolute atomic E-state index is 0.0973. The van der Waals surface area contributed by atoms with Crippen molar-refractivity contribution >= 4 is 29.7 Å². The van der Waals surface area contributed by atoms with Crippen molar-refractivity contribution in [3.05, 3.63) is 167 Å². The second-order valence-corrected chi connectivity index (χ2v) is 14.1. The first kappa shape index (κ1) is 35.5. The Morgan fingerprint density at radius 3 is 1.57 bits per heavy atom. The van der Waals surface area contributed by atoms with Gasteiger partial charge in [-0.1, -0.05) is 153 Å². The monoisotopic (exact) mass is 698 g/mol. The predicted molar refractivity (Wildman–Crippen MR) is 202 cm³/mol. The molecule has 5 aromatic carbocycles. The van der Waals surface area contributed by atoms with E-state index in [1.165, 1.54) is 18.9 Å². The Hall–Kier alpha value is -5.34. The van der Waals surface area contributed by atoms with Crippen LogP contribution in [0.2, 0.25) is 0 Å². The van der Waals surface area contributed by atoms with Gasteiger partial charge in [0, 0.05) is 11.7 Å². The third kappa shape index (κ3) is 7.56. The summed E-state index contributed by atoms with van der Waals surface area (Å²) in [4.78, 5) is 40.5. The van der Waals surface area contributed by atoms with Crippen molar-refractivity contribution in [2.45, 2.75) is 36.6 Å². The molecule has 51 heavy (non-hydrogen) atoms. The van der Waals surface area contributed by atoms with E-state index >= 15 is 0 Å². The van der Waals surface area contributed by atoms with E-state index in [0.29, 0.717) is 0 Å². The van der Waals surface area contributed by atoms with Crippen molar-refractivity contribution in [1.29, 1.82) is 0 Å². The number of thioether (sulfide) groups is 1.